The molecule has 1 saturated heterocycles. The Morgan fingerprint density at radius 3 is 2.34 bits per heavy atom. The van der Waals surface area contributed by atoms with Gasteiger partial charge in [-0.3, -0.25) is 4.79 Å². The number of phenolic OH excluding ortho intramolecular Hbond substituents is 1. The fourth-order valence-corrected chi connectivity index (χ4v) is 4.91. The minimum Gasteiger partial charge on any atom is -0.507 e. The number of hydrogen-bond acceptors (Lipinski definition) is 6. The Balaban J connectivity index is 1.77. The second-order valence-corrected chi connectivity index (χ2v) is 8.61. The number of benzene rings is 2. The summed E-state index contributed by atoms with van der Waals surface area (Å²) in [5.41, 5.74) is 1.10. The Labute approximate surface area is 170 Å². The number of amides is 1. The van der Waals surface area contributed by atoms with E-state index < -0.39 is 10.0 Å². The number of rotatable bonds is 5. The van der Waals surface area contributed by atoms with E-state index in [0.717, 1.165) is 5.56 Å². The highest BCUT2D eigenvalue weighted by Gasteiger charge is 2.33. The molecule has 0 radical (unpaired) electrons. The van der Waals surface area contributed by atoms with E-state index in [0.29, 0.717) is 17.1 Å². The number of piperazine rings is 1. The van der Waals surface area contributed by atoms with Gasteiger partial charge in [0, 0.05) is 26.2 Å². The molecular weight excluding hydrogens is 396 g/mol. The first kappa shape index (κ1) is 20.9. The fourth-order valence-electron chi connectivity index (χ4n) is 3.32. The number of sulfonamides is 1. The zero-order chi connectivity index (χ0) is 21.2. The summed E-state index contributed by atoms with van der Waals surface area (Å²) in [5, 5.41) is 10.0. The van der Waals surface area contributed by atoms with Crippen molar-refractivity contribution in [2.75, 3.05) is 40.4 Å². The maximum Gasteiger partial charge on any atom is 0.257 e. The first-order valence-corrected chi connectivity index (χ1v) is 10.5. The molecule has 1 fully saturated rings. The first-order chi connectivity index (χ1) is 13.8. The molecule has 0 atom stereocenters. The van der Waals surface area contributed by atoms with Crippen LogP contribution in [0.3, 0.4) is 0 Å². The van der Waals surface area contributed by atoms with Gasteiger partial charge in [-0.2, -0.15) is 4.31 Å². The number of aryl methyl sites for hydroxylation is 1. The Morgan fingerprint density at radius 1 is 1.03 bits per heavy atom. The standard InChI is InChI=1S/C20H24N2O6S/c1-14-7-8-16(23)18(13-14)29(25,26)22-11-9-21(10-12-22)20(24)15-5-4-6-17(27-2)19(15)28-3/h4-8,13,23H,9-12H2,1-3H3. The van der Waals surface area contributed by atoms with Crippen LogP contribution in [0, 0.1) is 6.92 Å². The summed E-state index contributed by atoms with van der Waals surface area (Å²) in [4.78, 5) is 14.4. The van der Waals surface area contributed by atoms with Crippen LogP contribution in [-0.4, -0.2) is 69.0 Å². The van der Waals surface area contributed by atoms with Crippen molar-refractivity contribution in [1.29, 1.82) is 0 Å². The van der Waals surface area contributed by atoms with Crippen LogP contribution in [0.5, 0.6) is 17.2 Å². The maximum atomic E-state index is 13.0. The number of aromatic hydroxyl groups is 1. The highest BCUT2D eigenvalue weighted by Crippen LogP contribution is 2.32. The van der Waals surface area contributed by atoms with Crippen molar-refractivity contribution < 1.29 is 27.8 Å². The van der Waals surface area contributed by atoms with Crippen molar-refractivity contribution in [2.45, 2.75) is 11.8 Å². The second-order valence-electron chi connectivity index (χ2n) is 6.71. The minimum absolute atomic E-state index is 0.119. The molecule has 9 heteroatoms. The summed E-state index contributed by atoms with van der Waals surface area (Å²) in [6.07, 6.45) is 0. The largest absolute Gasteiger partial charge is 0.507 e. The van der Waals surface area contributed by atoms with Crippen molar-refractivity contribution in [2.24, 2.45) is 0 Å². The van der Waals surface area contributed by atoms with Crippen LogP contribution in [0.2, 0.25) is 0 Å². The average molecular weight is 420 g/mol. The number of carbonyl (C=O) groups is 1. The molecule has 0 aromatic heterocycles. The summed E-state index contributed by atoms with van der Waals surface area (Å²) >= 11 is 0. The van der Waals surface area contributed by atoms with Crippen molar-refractivity contribution >= 4 is 15.9 Å². The van der Waals surface area contributed by atoms with Gasteiger partial charge in [0.1, 0.15) is 10.6 Å². The summed E-state index contributed by atoms with van der Waals surface area (Å²) in [7, 11) is -0.890. The van der Waals surface area contributed by atoms with Crippen LogP contribution >= 0.6 is 0 Å². The molecule has 0 spiro atoms. The summed E-state index contributed by atoms with van der Waals surface area (Å²) in [5.74, 6) is 0.264. The van der Waals surface area contributed by atoms with Crippen LogP contribution in [0.15, 0.2) is 41.3 Å². The molecule has 2 aromatic carbocycles. The van der Waals surface area contributed by atoms with Gasteiger partial charge in [0.25, 0.3) is 5.91 Å². The van der Waals surface area contributed by atoms with Crippen molar-refractivity contribution in [3.8, 4) is 17.2 Å². The van der Waals surface area contributed by atoms with E-state index in [9.17, 15) is 18.3 Å². The molecule has 0 unspecified atom stereocenters. The van der Waals surface area contributed by atoms with Gasteiger partial charge in [-0.05, 0) is 36.8 Å². The summed E-state index contributed by atoms with van der Waals surface area (Å²) in [6, 6.07) is 9.52. The maximum absolute atomic E-state index is 13.0. The molecular formula is C20H24N2O6S. The number of hydrogen-bond donors (Lipinski definition) is 1. The van der Waals surface area contributed by atoms with Crippen LogP contribution in [0.1, 0.15) is 15.9 Å². The van der Waals surface area contributed by atoms with E-state index in [2.05, 4.69) is 0 Å². The third kappa shape index (κ3) is 4.01. The second kappa shape index (κ2) is 8.30. The molecule has 0 saturated carbocycles. The van der Waals surface area contributed by atoms with Crippen LogP contribution in [0.25, 0.3) is 0 Å². The van der Waals surface area contributed by atoms with Gasteiger partial charge < -0.3 is 19.5 Å². The minimum atomic E-state index is -3.85. The third-order valence-electron chi connectivity index (χ3n) is 4.89. The van der Waals surface area contributed by atoms with Gasteiger partial charge in [-0.1, -0.05) is 12.1 Å². The molecule has 29 heavy (non-hydrogen) atoms. The SMILES string of the molecule is COc1cccc(C(=O)N2CCN(S(=O)(=O)c3cc(C)ccc3O)CC2)c1OC. The van der Waals surface area contributed by atoms with Crippen molar-refractivity contribution in [3.63, 3.8) is 0 Å². The first-order valence-electron chi connectivity index (χ1n) is 9.09. The highest BCUT2D eigenvalue weighted by molar-refractivity contribution is 7.89. The average Bonchev–Trinajstić information content (AvgIpc) is 2.74. The highest BCUT2D eigenvalue weighted by atomic mass is 32.2. The number of methoxy groups -OCH3 is 2. The van der Waals surface area contributed by atoms with Gasteiger partial charge >= 0.3 is 0 Å². The monoisotopic (exact) mass is 420 g/mol. The molecule has 1 aliphatic heterocycles. The number of phenols is 1. The van der Waals surface area contributed by atoms with E-state index in [1.165, 1.54) is 30.7 Å². The lowest BCUT2D eigenvalue weighted by Crippen LogP contribution is -2.50. The summed E-state index contributed by atoms with van der Waals surface area (Å²) < 4.78 is 37.7. The fraction of sp³-hybridized carbons (Fsp3) is 0.350. The molecule has 0 bridgehead atoms. The van der Waals surface area contributed by atoms with E-state index in [1.807, 2.05) is 0 Å². The van der Waals surface area contributed by atoms with E-state index >= 15 is 0 Å². The van der Waals surface area contributed by atoms with Crippen molar-refractivity contribution in [1.82, 2.24) is 9.21 Å². The Hall–Kier alpha value is -2.78. The van der Waals surface area contributed by atoms with Crippen LogP contribution in [-0.2, 0) is 10.0 Å². The third-order valence-corrected chi connectivity index (χ3v) is 6.82. The molecule has 156 valence electrons. The normalized spacial score (nSPS) is 15.2. The number of nitrogens with zero attached hydrogens (tertiary/aromatic N) is 2. The molecule has 1 heterocycles. The van der Waals surface area contributed by atoms with Gasteiger partial charge in [0.15, 0.2) is 11.5 Å². The van der Waals surface area contributed by atoms with E-state index in [1.54, 1.807) is 36.1 Å². The zero-order valence-corrected chi connectivity index (χ0v) is 17.4. The van der Waals surface area contributed by atoms with Crippen LogP contribution in [0.4, 0.5) is 0 Å². The predicted molar refractivity (Wildman–Crippen MR) is 107 cm³/mol. The Kier molecular flexibility index (Phi) is 5.99. The van der Waals surface area contributed by atoms with E-state index in [4.69, 9.17) is 9.47 Å². The topological polar surface area (TPSA) is 96.4 Å². The molecule has 1 amide bonds. The zero-order valence-electron chi connectivity index (χ0n) is 16.6. The van der Waals surface area contributed by atoms with Gasteiger partial charge in [0.05, 0.1) is 19.8 Å². The molecule has 2 aromatic rings. The quantitative estimate of drug-likeness (QED) is 0.793. The number of ether oxygens (including phenoxy) is 2. The summed E-state index contributed by atoms with van der Waals surface area (Å²) in [6.45, 7) is 2.48. The van der Waals surface area contributed by atoms with Gasteiger partial charge in [-0.25, -0.2) is 8.42 Å². The number of carbonyl (C=O) groups excluding carboxylic acids is 1. The van der Waals surface area contributed by atoms with E-state index in [-0.39, 0.29) is 42.7 Å². The van der Waals surface area contributed by atoms with Crippen LogP contribution < -0.4 is 9.47 Å². The lowest BCUT2D eigenvalue weighted by atomic mass is 10.1. The predicted octanol–water partition coefficient (Wildman–Crippen LogP) is 1.86. The molecule has 1 N–H and O–H groups in total. The molecule has 1 aliphatic rings. The lowest BCUT2D eigenvalue weighted by Gasteiger charge is -2.34. The lowest BCUT2D eigenvalue weighted by molar-refractivity contribution is 0.0693. The Morgan fingerprint density at radius 2 is 1.72 bits per heavy atom. The smallest absolute Gasteiger partial charge is 0.257 e. The van der Waals surface area contributed by atoms with Crippen molar-refractivity contribution in [3.05, 3.63) is 47.5 Å². The van der Waals surface area contributed by atoms with Gasteiger partial charge in [0.2, 0.25) is 10.0 Å². The Bertz CT molecular complexity index is 1010. The molecule has 8 nitrogen and oxygen atoms in total. The molecule has 3 rings (SSSR count). The van der Waals surface area contributed by atoms with Gasteiger partial charge in [-0.15, -0.1) is 0 Å². The molecule has 0 aliphatic carbocycles. The number of para-hydroxylation sites is 1.